The third kappa shape index (κ3) is 4.57. The van der Waals surface area contributed by atoms with Crippen LogP contribution in [0.4, 0.5) is 4.39 Å². The molecule has 0 radical (unpaired) electrons. The van der Waals surface area contributed by atoms with Crippen LogP contribution in [0.1, 0.15) is 11.1 Å². The smallest absolute Gasteiger partial charge is 0.373 e. The minimum atomic E-state index is -1.04. The van der Waals surface area contributed by atoms with Gasteiger partial charge in [-0.05, 0) is 24.1 Å². The molecule has 21 heavy (non-hydrogen) atoms. The summed E-state index contributed by atoms with van der Waals surface area (Å²) in [6.07, 6.45) is 0.667. The van der Waals surface area contributed by atoms with Gasteiger partial charge in [-0.25, -0.2) is 14.2 Å². The number of hydrogen-bond acceptors (Lipinski definition) is 5. The molecule has 114 valence electrons. The summed E-state index contributed by atoms with van der Waals surface area (Å²) in [5, 5.41) is 10.2. The molecule has 0 bridgehead atoms. The van der Waals surface area contributed by atoms with Gasteiger partial charge in [0.15, 0.2) is 0 Å². The number of aryl methyl sites for hydroxylation is 1. The number of esters is 1. The van der Waals surface area contributed by atoms with Gasteiger partial charge < -0.3 is 9.84 Å². The number of hydroxylamine groups is 2. The molecule has 0 saturated carbocycles. The monoisotopic (exact) mass is 297 g/mol. The fourth-order valence-electron chi connectivity index (χ4n) is 1.49. The van der Waals surface area contributed by atoms with Crippen LogP contribution in [0.2, 0.25) is 0 Å². The first kappa shape index (κ1) is 16.6. The molecular weight excluding hydrogens is 281 g/mol. The highest BCUT2D eigenvalue weighted by Gasteiger charge is 2.16. The van der Waals surface area contributed by atoms with Crippen LogP contribution in [0.15, 0.2) is 30.0 Å². The minimum absolute atomic E-state index is 0.0442. The molecule has 0 aromatic heterocycles. The Morgan fingerprint density at radius 1 is 1.38 bits per heavy atom. The zero-order chi connectivity index (χ0) is 16.0. The standard InChI is InChI=1S/C14H16FNO5/c1-9-4-5-10(6-11(9)15)8-16(21-3)13(18)7-12(17)14(19)20-2/h4-7,17H,8H2,1-3H3. The number of methoxy groups -OCH3 is 1. The maximum atomic E-state index is 13.4. The van der Waals surface area contributed by atoms with E-state index in [9.17, 15) is 19.1 Å². The van der Waals surface area contributed by atoms with E-state index in [0.717, 1.165) is 12.2 Å². The number of benzene rings is 1. The lowest BCUT2D eigenvalue weighted by Gasteiger charge is -2.18. The van der Waals surface area contributed by atoms with Crippen molar-refractivity contribution in [3.63, 3.8) is 0 Å². The van der Waals surface area contributed by atoms with Gasteiger partial charge in [0.25, 0.3) is 5.91 Å². The highest BCUT2D eigenvalue weighted by molar-refractivity contribution is 5.96. The van der Waals surface area contributed by atoms with E-state index < -0.39 is 23.5 Å². The van der Waals surface area contributed by atoms with E-state index in [4.69, 9.17) is 4.84 Å². The summed E-state index contributed by atoms with van der Waals surface area (Å²) in [6.45, 7) is 1.58. The van der Waals surface area contributed by atoms with Crippen LogP contribution in [0.5, 0.6) is 0 Å². The number of halogens is 1. The first-order valence-corrected chi connectivity index (χ1v) is 5.98. The van der Waals surface area contributed by atoms with Crippen LogP contribution >= 0.6 is 0 Å². The van der Waals surface area contributed by atoms with E-state index in [1.165, 1.54) is 13.2 Å². The quantitative estimate of drug-likeness (QED) is 0.387. The number of aliphatic hydroxyl groups excluding tert-OH is 1. The second-order valence-corrected chi connectivity index (χ2v) is 4.16. The lowest BCUT2D eigenvalue weighted by Crippen LogP contribution is -2.28. The van der Waals surface area contributed by atoms with Crippen molar-refractivity contribution >= 4 is 11.9 Å². The first-order chi connectivity index (χ1) is 9.88. The van der Waals surface area contributed by atoms with Gasteiger partial charge in [-0.2, -0.15) is 0 Å². The number of rotatable bonds is 5. The maximum absolute atomic E-state index is 13.4. The van der Waals surface area contributed by atoms with Crippen LogP contribution in [0.25, 0.3) is 0 Å². The molecule has 1 amide bonds. The molecule has 0 aliphatic rings. The third-order valence-electron chi connectivity index (χ3n) is 2.68. The van der Waals surface area contributed by atoms with Crippen LogP contribution < -0.4 is 0 Å². The van der Waals surface area contributed by atoms with Crippen LogP contribution in [-0.2, 0) is 25.7 Å². The van der Waals surface area contributed by atoms with E-state index in [2.05, 4.69) is 4.74 Å². The summed E-state index contributed by atoms with van der Waals surface area (Å²) in [4.78, 5) is 27.7. The second-order valence-electron chi connectivity index (χ2n) is 4.16. The molecule has 0 unspecified atom stereocenters. The van der Waals surface area contributed by atoms with Crippen molar-refractivity contribution in [1.82, 2.24) is 5.06 Å². The molecule has 1 rings (SSSR count). The average Bonchev–Trinajstić information content (AvgIpc) is 2.47. The van der Waals surface area contributed by atoms with Gasteiger partial charge >= 0.3 is 5.97 Å². The summed E-state index contributed by atoms with van der Waals surface area (Å²) < 4.78 is 17.7. The van der Waals surface area contributed by atoms with Crippen molar-refractivity contribution in [2.75, 3.05) is 14.2 Å². The molecule has 1 N–H and O–H groups in total. The summed E-state index contributed by atoms with van der Waals surface area (Å²) >= 11 is 0. The Morgan fingerprint density at radius 2 is 2.05 bits per heavy atom. The summed E-state index contributed by atoms with van der Waals surface area (Å²) in [6, 6.07) is 4.49. The molecule has 0 atom stereocenters. The third-order valence-corrected chi connectivity index (χ3v) is 2.68. The molecule has 7 heteroatoms. The van der Waals surface area contributed by atoms with Gasteiger partial charge in [0.2, 0.25) is 5.76 Å². The van der Waals surface area contributed by atoms with Crippen molar-refractivity contribution in [3.8, 4) is 0 Å². The van der Waals surface area contributed by atoms with E-state index in [1.54, 1.807) is 19.1 Å². The zero-order valence-corrected chi connectivity index (χ0v) is 11.9. The largest absolute Gasteiger partial charge is 0.502 e. The van der Waals surface area contributed by atoms with Gasteiger partial charge in [0, 0.05) is 0 Å². The normalized spacial score (nSPS) is 11.1. The zero-order valence-electron chi connectivity index (χ0n) is 11.9. The number of amides is 1. The molecule has 0 saturated heterocycles. The minimum Gasteiger partial charge on any atom is -0.502 e. The van der Waals surface area contributed by atoms with Crippen molar-refractivity contribution in [2.45, 2.75) is 13.5 Å². The van der Waals surface area contributed by atoms with E-state index >= 15 is 0 Å². The van der Waals surface area contributed by atoms with Gasteiger partial charge in [0.05, 0.1) is 26.8 Å². The lowest BCUT2D eigenvalue weighted by atomic mass is 10.1. The predicted octanol–water partition coefficient (Wildman–Crippen LogP) is 1.64. The topological polar surface area (TPSA) is 76.1 Å². The van der Waals surface area contributed by atoms with Crippen LogP contribution in [-0.4, -0.2) is 36.3 Å². The number of carbonyl (C=O) groups excluding carboxylic acids is 2. The SMILES string of the molecule is COC(=O)C(O)=CC(=O)N(Cc1ccc(C)c(F)c1)OC. The Hall–Kier alpha value is -2.41. The molecule has 6 nitrogen and oxygen atoms in total. The van der Waals surface area contributed by atoms with Gasteiger partial charge in [-0.3, -0.25) is 9.63 Å². The second kappa shape index (κ2) is 7.39. The fourth-order valence-corrected chi connectivity index (χ4v) is 1.49. The Balaban J connectivity index is 2.85. The summed E-state index contributed by atoms with van der Waals surface area (Å²) in [5.74, 6) is -3.06. The molecule has 0 fully saturated rings. The van der Waals surface area contributed by atoms with Crippen molar-refractivity contribution in [2.24, 2.45) is 0 Å². The Kier molecular flexibility index (Phi) is 5.86. The molecule has 1 aromatic rings. The first-order valence-electron chi connectivity index (χ1n) is 5.98. The number of nitrogens with zero attached hydrogens (tertiary/aromatic N) is 1. The summed E-state index contributed by atoms with van der Waals surface area (Å²) in [5.41, 5.74) is 0.983. The Morgan fingerprint density at radius 3 is 2.57 bits per heavy atom. The molecule has 0 aliphatic carbocycles. The van der Waals surface area contributed by atoms with Gasteiger partial charge in [-0.15, -0.1) is 0 Å². The van der Waals surface area contributed by atoms with Gasteiger partial charge in [-0.1, -0.05) is 12.1 Å². The molecule has 0 spiro atoms. The maximum Gasteiger partial charge on any atom is 0.373 e. The number of hydrogen-bond donors (Lipinski definition) is 1. The van der Waals surface area contributed by atoms with E-state index in [0.29, 0.717) is 17.2 Å². The molecule has 0 aliphatic heterocycles. The fraction of sp³-hybridized carbons (Fsp3) is 0.286. The Bertz CT molecular complexity index is 570. The van der Waals surface area contributed by atoms with Crippen molar-refractivity contribution in [1.29, 1.82) is 0 Å². The highest BCUT2D eigenvalue weighted by atomic mass is 19.1. The summed E-state index contributed by atoms with van der Waals surface area (Å²) in [7, 11) is 2.31. The van der Waals surface area contributed by atoms with Crippen molar-refractivity contribution < 1.29 is 28.7 Å². The number of ether oxygens (including phenoxy) is 1. The molecule has 0 heterocycles. The Labute approximate surface area is 121 Å². The molecule has 1 aromatic carbocycles. The van der Waals surface area contributed by atoms with Crippen LogP contribution in [0.3, 0.4) is 0 Å². The predicted molar refractivity (Wildman–Crippen MR) is 71.4 cm³/mol. The highest BCUT2D eigenvalue weighted by Crippen LogP contribution is 2.12. The number of carbonyl (C=O) groups is 2. The van der Waals surface area contributed by atoms with Gasteiger partial charge in [0.1, 0.15) is 5.82 Å². The van der Waals surface area contributed by atoms with E-state index in [1.807, 2.05) is 0 Å². The number of aliphatic hydroxyl groups is 1. The lowest BCUT2D eigenvalue weighted by molar-refractivity contribution is -0.173. The van der Waals surface area contributed by atoms with E-state index in [-0.39, 0.29) is 6.54 Å². The van der Waals surface area contributed by atoms with Crippen LogP contribution in [0, 0.1) is 12.7 Å². The average molecular weight is 297 g/mol. The molecular formula is C14H16FNO5. The van der Waals surface area contributed by atoms with Crippen molar-refractivity contribution in [3.05, 3.63) is 47.0 Å².